The number of esters is 1. The average Bonchev–Trinajstić information content (AvgIpc) is 2.41. The van der Waals surface area contributed by atoms with Gasteiger partial charge in [0.25, 0.3) is 5.91 Å². The molecule has 0 unspecified atom stereocenters. The van der Waals surface area contributed by atoms with E-state index in [0.29, 0.717) is 6.54 Å². The van der Waals surface area contributed by atoms with Crippen LogP contribution in [0.25, 0.3) is 0 Å². The number of amides is 1. The largest absolute Gasteiger partial charge is 0.469 e. The summed E-state index contributed by atoms with van der Waals surface area (Å²) in [4.78, 5) is 28.6. The number of rotatable bonds is 5. The molecule has 0 aliphatic carbocycles. The molecule has 0 aliphatic rings. The lowest BCUT2D eigenvalue weighted by molar-refractivity contribution is -0.140. The minimum atomic E-state index is -0.370. The Morgan fingerprint density at radius 1 is 1.42 bits per heavy atom. The molecule has 0 aromatic carbocycles. The Kier molecular flexibility index (Phi) is 6.05. The molecular weight excluding hydrogens is 291 g/mol. The number of pyridine rings is 1. The molecule has 1 aromatic rings. The van der Waals surface area contributed by atoms with Crippen molar-refractivity contribution < 1.29 is 14.3 Å². The number of methoxy groups -OCH3 is 1. The molecule has 1 heterocycles. The quantitative estimate of drug-likeness (QED) is 0.619. The van der Waals surface area contributed by atoms with Gasteiger partial charge >= 0.3 is 5.97 Å². The van der Waals surface area contributed by atoms with Gasteiger partial charge in [-0.2, -0.15) is 0 Å². The molecule has 5 nitrogen and oxygen atoms in total. The van der Waals surface area contributed by atoms with Gasteiger partial charge in [-0.15, -0.1) is 0 Å². The molecule has 0 bridgehead atoms. The van der Waals surface area contributed by atoms with Crippen LogP contribution in [-0.4, -0.2) is 42.0 Å². The van der Waals surface area contributed by atoms with Crippen molar-refractivity contribution in [3.05, 3.63) is 28.0 Å². The van der Waals surface area contributed by atoms with E-state index < -0.39 is 0 Å². The van der Waals surface area contributed by atoms with Crippen LogP contribution in [-0.2, 0) is 9.53 Å². The predicted octanol–water partition coefficient (Wildman–Crippen LogP) is 2.41. The fraction of sp³-hybridized carbons (Fsp3) is 0.417. The van der Waals surface area contributed by atoms with E-state index in [9.17, 15) is 9.59 Å². The van der Waals surface area contributed by atoms with Crippen LogP contribution in [0.5, 0.6) is 0 Å². The first kappa shape index (κ1) is 15.7. The van der Waals surface area contributed by atoms with Gasteiger partial charge in [-0.25, -0.2) is 4.98 Å². The zero-order valence-corrected chi connectivity index (χ0v) is 12.2. The van der Waals surface area contributed by atoms with Gasteiger partial charge in [-0.1, -0.05) is 23.2 Å². The predicted molar refractivity (Wildman–Crippen MR) is 72.5 cm³/mol. The second kappa shape index (κ2) is 7.31. The van der Waals surface area contributed by atoms with Crippen molar-refractivity contribution in [2.75, 3.05) is 20.2 Å². The van der Waals surface area contributed by atoms with Gasteiger partial charge in [0.15, 0.2) is 0 Å². The summed E-state index contributed by atoms with van der Waals surface area (Å²) in [6, 6.07) is 1.41. The van der Waals surface area contributed by atoms with E-state index in [-0.39, 0.29) is 40.6 Å². The third kappa shape index (κ3) is 4.36. The summed E-state index contributed by atoms with van der Waals surface area (Å²) in [6.45, 7) is 2.52. The van der Waals surface area contributed by atoms with E-state index in [4.69, 9.17) is 23.2 Å². The Labute approximate surface area is 121 Å². The summed E-state index contributed by atoms with van der Waals surface area (Å²) >= 11 is 11.7. The van der Waals surface area contributed by atoms with E-state index in [1.807, 2.05) is 6.92 Å². The smallest absolute Gasteiger partial charge is 0.307 e. The van der Waals surface area contributed by atoms with Crippen LogP contribution in [0.3, 0.4) is 0 Å². The van der Waals surface area contributed by atoms with Crippen LogP contribution in [0, 0.1) is 0 Å². The highest BCUT2D eigenvalue weighted by Gasteiger charge is 2.18. The average molecular weight is 305 g/mol. The number of halogens is 2. The lowest BCUT2D eigenvalue weighted by atomic mass is 10.2. The molecule has 1 amide bonds. The molecule has 19 heavy (non-hydrogen) atoms. The first-order chi connectivity index (χ1) is 8.99. The highest BCUT2D eigenvalue weighted by atomic mass is 35.5. The number of hydrogen-bond donors (Lipinski definition) is 0. The third-order valence-corrected chi connectivity index (χ3v) is 3.04. The summed E-state index contributed by atoms with van der Waals surface area (Å²) in [5.74, 6) is -0.661. The third-order valence-electron chi connectivity index (χ3n) is 2.53. The molecule has 0 atom stereocenters. The van der Waals surface area contributed by atoms with Crippen molar-refractivity contribution in [3.8, 4) is 0 Å². The second-order valence-corrected chi connectivity index (χ2v) is 4.49. The number of ether oxygens (including phenoxy) is 1. The normalized spacial score (nSPS) is 10.1. The molecule has 0 spiro atoms. The zero-order valence-electron chi connectivity index (χ0n) is 10.7. The van der Waals surface area contributed by atoms with E-state index in [1.165, 1.54) is 24.3 Å². The van der Waals surface area contributed by atoms with Crippen LogP contribution < -0.4 is 0 Å². The summed E-state index contributed by atoms with van der Waals surface area (Å²) < 4.78 is 4.54. The van der Waals surface area contributed by atoms with E-state index in [0.717, 1.165) is 0 Å². The minimum absolute atomic E-state index is 0.131. The molecule has 0 saturated heterocycles. The topological polar surface area (TPSA) is 59.5 Å². The van der Waals surface area contributed by atoms with Crippen molar-refractivity contribution >= 4 is 35.1 Å². The maximum absolute atomic E-state index is 12.3. The fourth-order valence-electron chi connectivity index (χ4n) is 1.48. The highest BCUT2D eigenvalue weighted by molar-refractivity contribution is 6.35. The second-order valence-electron chi connectivity index (χ2n) is 3.70. The summed E-state index contributed by atoms with van der Waals surface area (Å²) in [7, 11) is 1.31. The molecule has 1 aromatic heterocycles. The number of hydrogen-bond acceptors (Lipinski definition) is 4. The maximum atomic E-state index is 12.3. The highest BCUT2D eigenvalue weighted by Crippen LogP contribution is 2.20. The van der Waals surface area contributed by atoms with E-state index in [2.05, 4.69) is 9.72 Å². The molecule has 7 heteroatoms. The fourth-order valence-corrected chi connectivity index (χ4v) is 1.82. The van der Waals surface area contributed by atoms with Crippen molar-refractivity contribution in [3.63, 3.8) is 0 Å². The van der Waals surface area contributed by atoms with Gasteiger partial charge in [0.2, 0.25) is 0 Å². The Morgan fingerprint density at radius 3 is 2.68 bits per heavy atom. The molecule has 104 valence electrons. The Morgan fingerprint density at radius 2 is 2.11 bits per heavy atom. The first-order valence-corrected chi connectivity index (χ1v) is 6.42. The molecule has 0 saturated carbocycles. The van der Waals surface area contributed by atoms with Crippen LogP contribution in [0.1, 0.15) is 23.7 Å². The monoisotopic (exact) mass is 304 g/mol. The van der Waals surface area contributed by atoms with Crippen LogP contribution >= 0.6 is 23.2 Å². The maximum Gasteiger partial charge on any atom is 0.307 e. The molecule has 0 radical (unpaired) electrons. The molecule has 1 rings (SSSR count). The number of carbonyl (C=O) groups excluding carboxylic acids is 2. The molecule has 0 aliphatic heterocycles. The van der Waals surface area contributed by atoms with Crippen LogP contribution in [0.4, 0.5) is 0 Å². The number of nitrogens with zero attached hydrogens (tertiary/aromatic N) is 2. The molecule has 0 N–H and O–H groups in total. The minimum Gasteiger partial charge on any atom is -0.469 e. The lowest BCUT2D eigenvalue weighted by Crippen LogP contribution is -2.33. The Bertz CT molecular complexity index is 480. The van der Waals surface area contributed by atoms with Gasteiger partial charge < -0.3 is 9.64 Å². The Balaban J connectivity index is 2.83. The first-order valence-electron chi connectivity index (χ1n) is 5.66. The Hall–Kier alpha value is -1.33. The summed E-state index contributed by atoms with van der Waals surface area (Å²) in [6.07, 6.45) is 1.46. The summed E-state index contributed by atoms with van der Waals surface area (Å²) in [5, 5.41) is 0.419. The summed E-state index contributed by atoms with van der Waals surface area (Å²) in [5.41, 5.74) is 0.272. The van der Waals surface area contributed by atoms with Crippen molar-refractivity contribution in [2.45, 2.75) is 13.3 Å². The SMILES string of the molecule is CCN(CCC(=O)OC)C(=O)c1cc(Cl)ncc1Cl. The van der Waals surface area contributed by atoms with Crippen molar-refractivity contribution in [1.29, 1.82) is 0 Å². The van der Waals surface area contributed by atoms with Crippen molar-refractivity contribution in [1.82, 2.24) is 9.88 Å². The van der Waals surface area contributed by atoms with Crippen molar-refractivity contribution in [2.24, 2.45) is 0 Å². The van der Waals surface area contributed by atoms with Crippen LogP contribution in [0.2, 0.25) is 10.2 Å². The van der Waals surface area contributed by atoms with Crippen LogP contribution in [0.15, 0.2) is 12.3 Å². The lowest BCUT2D eigenvalue weighted by Gasteiger charge is -2.20. The van der Waals surface area contributed by atoms with Gasteiger partial charge in [0.05, 0.1) is 24.1 Å². The van der Waals surface area contributed by atoms with Gasteiger partial charge in [0.1, 0.15) is 5.15 Å². The number of aromatic nitrogens is 1. The van der Waals surface area contributed by atoms with E-state index >= 15 is 0 Å². The number of carbonyl (C=O) groups is 2. The van der Waals surface area contributed by atoms with Gasteiger partial charge in [-0.3, -0.25) is 9.59 Å². The van der Waals surface area contributed by atoms with Gasteiger partial charge in [-0.05, 0) is 13.0 Å². The molecule has 0 fully saturated rings. The van der Waals surface area contributed by atoms with E-state index in [1.54, 1.807) is 0 Å². The zero-order chi connectivity index (χ0) is 14.4. The van der Waals surface area contributed by atoms with Gasteiger partial charge in [0, 0.05) is 19.3 Å². The molecular formula is C12H14Cl2N2O3. The standard InChI is InChI=1S/C12H14Cl2N2O3/c1-3-16(5-4-11(17)19-2)12(18)8-6-10(14)15-7-9(8)13/h6-7H,3-5H2,1-2H3.